The lowest BCUT2D eigenvalue weighted by molar-refractivity contribution is 0.0955. The first-order valence-corrected chi connectivity index (χ1v) is 9.17. The maximum Gasteiger partial charge on any atom is 0.271 e. The lowest BCUT2D eigenvalue weighted by atomic mass is 10.1. The molecule has 0 aliphatic heterocycles. The zero-order valence-corrected chi connectivity index (χ0v) is 16.8. The molecule has 0 saturated heterocycles. The molecule has 0 aliphatic carbocycles. The molecule has 0 bridgehead atoms. The first kappa shape index (κ1) is 19.2. The topological polar surface area (TPSA) is 46.4 Å². The molecule has 1 heterocycles. The van der Waals surface area contributed by atoms with Crippen molar-refractivity contribution in [3.63, 3.8) is 0 Å². The van der Waals surface area contributed by atoms with E-state index in [1.54, 1.807) is 24.4 Å². The van der Waals surface area contributed by atoms with Crippen molar-refractivity contribution in [2.75, 3.05) is 0 Å². The minimum Gasteiger partial charge on any atom is -0.318 e. The number of nitrogens with one attached hydrogen (secondary N) is 1. The third-order valence-corrected chi connectivity index (χ3v) is 5.02. The molecule has 0 unspecified atom stereocenters. The van der Waals surface area contributed by atoms with Crippen molar-refractivity contribution in [2.24, 2.45) is 5.10 Å². The summed E-state index contributed by atoms with van der Waals surface area (Å²) in [6.45, 7) is 5.91. The summed E-state index contributed by atoms with van der Waals surface area (Å²) in [7, 11) is 0. The number of nitrogens with zero attached hydrogens (tertiary/aromatic N) is 2. The average molecular weight is 400 g/mol. The fraction of sp³-hybridized carbons (Fsp3) is 0.143. The normalized spacial score (nSPS) is 11.1. The van der Waals surface area contributed by atoms with Crippen molar-refractivity contribution in [2.45, 2.75) is 20.8 Å². The first-order chi connectivity index (χ1) is 12.9. The maximum absolute atomic E-state index is 12.2. The molecule has 0 radical (unpaired) electrons. The Morgan fingerprint density at radius 3 is 2.41 bits per heavy atom. The van der Waals surface area contributed by atoms with E-state index in [-0.39, 0.29) is 5.91 Å². The number of benzene rings is 2. The molecular weight excluding hydrogens is 381 g/mol. The summed E-state index contributed by atoms with van der Waals surface area (Å²) in [5.41, 5.74) is 7.96. The lowest BCUT2D eigenvalue weighted by Crippen LogP contribution is -2.17. The van der Waals surface area contributed by atoms with Crippen LogP contribution >= 0.6 is 23.2 Å². The van der Waals surface area contributed by atoms with Crippen LogP contribution in [0.4, 0.5) is 0 Å². The maximum atomic E-state index is 12.2. The molecule has 1 amide bonds. The fourth-order valence-corrected chi connectivity index (χ4v) is 3.17. The van der Waals surface area contributed by atoms with E-state index >= 15 is 0 Å². The molecule has 138 valence electrons. The van der Waals surface area contributed by atoms with E-state index in [1.807, 2.05) is 51.1 Å². The molecule has 27 heavy (non-hydrogen) atoms. The van der Waals surface area contributed by atoms with Crippen LogP contribution in [-0.2, 0) is 0 Å². The van der Waals surface area contributed by atoms with Crippen LogP contribution in [0.1, 0.15) is 32.9 Å². The number of halogens is 2. The van der Waals surface area contributed by atoms with Gasteiger partial charge in [0.25, 0.3) is 5.91 Å². The Morgan fingerprint density at radius 2 is 1.74 bits per heavy atom. The van der Waals surface area contributed by atoms with Crippen LogP contribution in [0, 0.1) is 20.8 Å². The molecule has 0 atom stereocenters. The summed E-state index contributed by atoms with van der Waals surface area (Å²) < 4.78 is 2.11. The van der Waals surface area contributed by atoms with Gasteiger partial charge in [-0.1, -0.05) is 29.3 Å². The van der Waals surface area contributed by atoms with E-state index in [4.69, 9.17) is 23.2 Å². The summed E-state index contributed by atoms with van der Waals surface area (Å²) in [4.78, 5) is 12.2. The van der Waals surface area contributed by atoms with Gasteiger partial charge in [0.2, 0.25) is 0 Å². The molecule has 0 saturated carbocycles. The number of carbonyl (C=O) groups is 1. The minimum atomic E-state index is -0.306. The number of hydrogen-bond acceptors (Lipinski definition) is 2. The summed E-state index contributed by atoms with van der Waals surface area (Å²) in [6, 6.07) is 14.8. The number of hydrogen-bond donors (Lipinski definition) is 1. The second-order valence-electron chi connectivity index (χ2n) is 6.30. The van der Waals surface area contributed by atoms with Crippen LogP contribution in [0.25, 0.3) is 5.69 Å². The molecule has 4 nitrogen and oxygen atoms in total. The van der Waals surface area contributed by atoms with Crippen molar-refractivity contribution < 1.29 is 4.79 Å². The lowest BCUT2D eigenvalue weighted by Gasteiger charge is -2.09. The minimum absolute atomic E-state index is 0.306. The fourth-order valence-electron chi connectivity index (χ4n) is 2.86. The van der Waals surface area contributed by atoms with Crippen molar-refractivity contribution in [1.29, 1.82) is 0 Å². The van der Waals surface area contributed by atoms with Gasteiger partial charge in [-0.15, -0.1) is 0 Å². The van der Waals surface area contributed by atoms with Crippen molar-refractivity contribution in [3.05, 3.63) is 86.7 Å². The highest BCUT2D eigenvalue weighted by Gasteiger charge is 2.10. The molecular formula is C21H19Cl2N3O. The predicted octanol–water partition coefficient (Wildman–Crippen LogP) is 5.47. The molecule has 6 heteroatoms. The zero-order valence-electron chi connectivity index (χ0n) is 15.3. The number of amides is 1. The van der Waals surface area contributed by atoms with Gasteiger partial charge in [-0.2, -0.15) is 5.10 Å². The van der Waals surface area contributed by atoms with Crippen molar-refractivity contribution in [3.8, 4) is 5.69 Å². The third kappa shape index (κ3) is 4.24. The number of aromatic nitrogens is 1. The quantitative estimate of drug-likeness (QED) is 0.458. The smallest absolute Gasteiger partial charge is 0.271 e. The summed E-state index contributed by atoms with van der Waals surface area (Å²) in [6.07, 6.45) is 1.64. The molecule has 1 N–H and O–H groups in total. The molecule has 0 fully saturated rings. The second-order valence-corrected chi connectivity index (χ2v) is 7.15. The second kappa shape index (κ2) is 7.99. The van der Waals surface area contributed by atoms with Gasteiger partial charge in [-0.3, -0.25) is 4.79 Å². The SMILES string of the molecule is Cc1ccc(C(=O)N/N=C\c2cc(C)n(-c3ccc(Cl)cc3)c2C)cc1Cl. The number of carbonyl (C=O) groups excluding carboxylic acids is 1. The predicted molar refractivity (Wildman–Crippen MR) is 112 cm³/mol. The number of aryl methyl sites for hydroxylation is 2. The number of hydrazone groups is 1. The van der Waals surface area contributed by atoms with Gasteiger partial charge < -0.3 is 4.57 Å². The monoisotopic (exact) mass is 399 g/mol. The van der Waals surface area contributed by atoms with Gasteiger partial charge in [0.15, 0.2) is 0 Å². The molecule has 1 aromatic heterocycles. The van der Waals surface area contributed by atoms with Crippen LogP contribution in [-0.4, -0.2) is 16.7 Å². The van der Waals surface area contributed by atoms with Crippen molar-refractivity contribution >= 4 is 35.3 Å². The molecule has 3 aromatic rings. The Hall–Kier alpha value is -2.56. The van der Waals surface area contributed by atoms with E-state index in [9.17, 15) is 4.79 Å². The highest BCUT2D eigenvalue weighted by molar-refractivity contribution is 6.31. The van der Waals surface area contributed by atoms with E-state index in [1.165, 1.54) is 0 Å². The third-order valence-electron chi connectivity index (χ3n) is 4.36. The Labute approximate surface area is 168 Å². The van der Waals surface area contributed by atoms with Gasteiger partial charge in [0.05, 0.1) is 6.21 Å². The first-order valence-electron chi connectivity index (χ1n) is 8.41. The van der Waals surface area contributed by atoms with Gasteiger partial charge in [0, 0.05) is 38.2 Å². The van der Waals surface area contributed by atoms with Crippen LogP contribution in [0.3, 0.4) is 0 Å². The van der Waals surface area contributed by atoms with E-state index in [0.29, 0.717) is 15.6 Å². The molecule has 0 spiro atoms. The van der Waals surface area contributed by atoms with Crippen molar-refractivity contribution in [1.82, 2.24) is 9.99 Å². The summed E-state index contributed by atoms with van der Waals surface area (Å²) in [5.74, 6) is -0.306. The van der Waals surface area contributed by atoms with Crippen LogP contribution in [0.15, 0.2) is 53.6 Å². The standard InChI is InChI=1S/C21H19Cl2N3O/c1-13-4-5-16(11-20(13)23)21(27)25-24-12-17-10-14(2)26(15(17)3)19-8-6-18(22)7-9-19/h4-12H,1-3H3,(H,25,27)/b24-12-. The Balaban J connectivity index is 1.77. The zero-order chi connectivity index (χ0) is 19.6. The Morgan fingerprint density at radius 1 is 1.04 bits per heavy atom. The summed E-state index contributed by atoms with van der Waals surface area (Å²) in [5, 5.41) is 5.34. The largest absolute Gasteiger partial charge is 0.318 e. The van der Waals surface area contributed by atoms with E-state index in [2.05, 4.69) is 15.1 Å². The highest BCUT2D eigenvalue weighted by Crippen LogP contribution is 2.21. The van der Waals surface area contributed by atoms with Gasteiger partial charge in [-0.25, -0.2) is 5.43 Å². The van der Waals surface area contributed by atoms with E-state index in [0.717, 1.165) is 28.2 Å². The van der Waals surface area contributed by atoms with Crippen LogP contribution in [0.5, 0.6) is 0 Å². The van der Waals surface area contributed by atoms with Gasteiger partial charge in [0.1, 0.15) is 0 Å². The van der Waals surface area contributed by atoms with Crippen LogP contribution in [0.2, 0.25) is 10.0 Å². The molecule has 3 rings (SSSR count). The average Bonchev–Trinajstić information content (AvgIpc) is 2.92. The Kier molecular flexibility index (Phi) is 5.68. The van der Waals surface area contributed by atoms with Gasteiger partial charge in [-0.05, 0) is 68.8 Å². The van der Waals surface area contributed by atoms with Gasteiger partial charge >= 0.3 is 0 Å². The molecule has 0 aliphatic rings. The van der Waals surface area contributed by atoms with E-state index < -0.39 is 0 Å². The summed E-state index contributed by atoms with van der Waals surface area (Å²) >= 11 is 12.0. The Bertz CT molecular complexity index is 1020. The molecule has 2 aromatic carbocycles. The van der Waals surface area contributed by atoms with Crippen LogP contribution < -0.4 is 5.43 Å². The number of rotatable bonds is 4. The highest BCUT2D eigenvalue weighted by atomic mass is 35.5.